The van der Waals surface area contributed by atoms with Crippen molar-refractivity contribution in [2.75, 3.05) is 0 Å². The van der Waals surface area contributed by atoms with Crippen LogP contribution in [0.15, 0.2) is 18.5 Å². The lowest BCUT2D eigenvalue weighted by molar-refractivity contribution is 0.194. The van der Waals surface area contributed by atoms with Crippen LogP contribution in [-0.4, -0.2) is 25.3 Å². The van der Waals surface area contributed by atoms with Gasteiger partial charge in [-0.25, -0.2) is 9.97 Å². The molecule has 0 amide bonds. The third kappa shape index (κ3) is 1.84. The smallest absolute Gasteiger partial charge is 0.181 e. The molecule has 0 aliphatic heterocycles. The number of hydrogen-bond donors (Lipinski definition) is 2. The van der Waals surface area contributed by atoms with Gasteiger partial charge in [0, 0.05) is 12.4 Å². The molecule has 0 aliphatic carbocycles. The maximum atomic E-state index is 9.37. The molecule has 0 fully saturated rings. The third-order valence-electron chi connectivity index (χ3n) is 1.93. The first-order valence-corrected chi connectivity index (χ1v) is 4.77. The van der Waals surface area contributed by atoms with Gasteiger partial charge in [0.25, 0.3) is 0 Å². The molecule has 2 aromatic heterocycles. The molecule has 0 bridgehead atoms. The van der Waals surface area contributed by atoms with Gasteiger partial charge in [0.05, 0.1) is 16.8 Å². The zero-order chi connectivity index (χ0) is 10.8. The first kappa shape index (κ1) is 10.1. The number of rotatable bonds is 2. The van der Waals surface area contributed by atoms with E-state index >= 15 is 0 Å². The van der Waals surface area contributed by atoms with Gasteiger partial charge in [0.15, 0.2) is 5.82 Å². The van der Waals surface area contributed by atoms with Crippen LogP contribution in [0, 0.1) is 0 Å². The highest BCUT2D eigenvalue weighted by atomic mass is 35.5. The number of hydrogen-bond acceptors (Lipinski definition) is 4. The lowest BCUT2D eigenvalue weighted by Crippen LogP contribution is -1.91. The number of aliphatic hydroxyl groups is 1. The molecule has 2 rings (SSSR count). The quantitative estimate of drug-likeness (QED) is 0.812. The normalized spacial score (nSPS) is 12.7. The van der Waals surface area contributed by atoms with Crippen molar-refractivity contribution in [2.24, 2.45) is 0 Å². The van der Waals surface area contributed by atoms with Crippen molar-refractivity contribution in [3.8, 4) is 11.5 Å². The summed E-state index contributed by atoms with van der Waals surface area (Å²) in [4.78, 5) is 8.05. The Morgan fingerprint density at radius 3 is 2.60 bits per heavy atom. The second-order valence-electron chi connectivity index (χ2n) is 3.05. The second kappa shape index (κ2) is 3.96. The molecule has 0 spiro atoms. The molecule has 2 aromatic rings. The number of nitrogens with one attached hydrogen (secondary N) is 1. The fraction of sp³-hybridized carbons (Fsp3) is 0.222. The summed E-state index contributed by atoms with van der Waals surface area (Å²) in [6, 6.07) is 1.71. The first-order valence-electron chi connectivity index (χ1n) is 4.39. The van der Waals surface area contributed by atoms with Crippen LogP contribution in [0.3, 0.4) is 0 Å². The van der Waals surface area contributed by atoms with E-state index in [9.17, 15) is 5.11 Å². The van der Waals surface area contributed by atoms with E-state index in [2.05, 4.69) is 20.2 Å². The van der Waals surface area contributed by atoms with E-state index in [-0.39, 0.29) is 0 Å². The van der Waals surface area contributed by atoms with E-state index < -0.39 is 6.10 Å². The minimum Gasteiger partial charge on any atom is -0.387 e. The first-order chi connectivity index (χ1) is 7.20. The van der Waals surface area contributed by atoms with E-state index in [1.807, 2.05) is 0 Å². The number of halogens is 1. The van der Waals surface area contributed by atoms with Crippen molar-refractivity contribution in [2.45, 2.75) is 13.0 Å². The van der Waals surface area contributed by atoms with Crippen LogP contribution in [0.2, 0.25) is 5.02 Å². The number of aliphatic hydroxyl groups excluding tert-OH is 1. The van der Waals surface area contributed by atoms with Gasteiger partial charge in [0.1, 0.15) is 5.69 Å². The standard InChI is InChI=1S/C9H9ClN4O/c1-5(15)7-6(10)8(14-13-7)9-11-3-2-4-12-9/h2-5,15H,1H3,(H,13,14). The van der Waals surface area contributed by atoms with Crippen LogP contribution in [0.5, 0.6) is 0 Å². The minimum atomic E-state index is -0.692. The molecule has 0 aromatic carbocycles. The van der Waals surface area contributed by atoms with Gasteiger partial charge < -0.3 is 5.11 Å². The lowest BCUT2D eigenvalue weighted by atomic mass is 10.2. The maximum Gasteiger partial charge on any atom is 0.181 e. The predicted octanol–water partition coefficient (Wildman–Crippen LogP) is 1.57. The van der Waals surface area contributed by atoms with E-state index in [4.69, 9.17) is 11.6 Å². The van der Waals surface area contributed by atoms with Crippen LogP contribution in [-0.2, 0) is 0 Å². The zero-order valence-electron chi connectivity index (χ0n) is 7.98. The van der Waals surface area contributed by atoms with E-state index in [1.165, 1.54) is 0 Å². The number of nitrogens with zero attached hydrogens (tertiary/aromatic N) is 3. The summed E-state index contributed by atoms with van der Waals surface area (Å²) in [5.74, 6) is 0.436. The molecule has 5 nitrogen and oxygen atoms in total. The topological polar surface area (TPSA) is 74.7 Å². The van der Waals surface area contributed by atoms with E-state index in [1.54, 1.807) is 25.4 Å². The van der Waals surface area contributed by atoms with Gasteiger partial charge in [-0.05, 0) is 13.0 Å². The molecule has 0 aliphatic rings. The van der Waals surface area contributed by atoms with Crippen LogP contribution >= 0.6 is 11.6 Å². The Morgan fingerprint density at radius 1 is 1.40 bits per heavy atom. The van der Waals surface area contributed by atoms with Crippen molar-refractivity contribution in [3.05, 3.63) is 29.2 Å². The molecule has 1 atom stereocenters. The Morgan fingerprint density at radius 2 is 2.07 bits per heavy atom. The summed E-state index contributed by atoms with van der Waals surface area (Å²) in [5.41, 5.74) is 0.923. The molecule has 2 N–H and O–H groups in total. The van der Waals surface area contributed by atoms with E-state index in [0.29, 0.717) is 22.2 Å². The monoisotopic (exact) mass is 224 g/mol. The molecule has 6 heteroatoms. The highest BCUT2D eigenvalue weighted by Gasteiger charge is 2.17. The van der Waals surface area contributed by atoms with Gasteiger partial charge in [-0.3, -0.25) is 5.10 Å². The summed E-state index contributed by atoms with van der Waals surface area (Å²) >= 11 is 6.02. The van der Waals surface area contributed by atoms with E-state index in [0.717, 1.165) is 0 Å². The number of H-pyrrole nitrogens is 1. The van der Waals surface area contributed by atoms with Gasteiger partial charge in [-0.15, -0.1) is 0 Å². The van der Waals surface area contributed by atoms with Crippen molar-refractivity contribution >= 4 is 11.6 Å². The Hall–Kier alpha value is -1.46. The third-order valence-corrected chi connectivity index (χ3v) is 2.31. The second-order valence-corrected chi connectivity index (χ2v) is 3.43. The SMILES string of the molecule is CC(O)c1[nH]nc(-c2ncccn2)c1Cl. The predicted molar refractivity (Wildman–Crippen MR) is 55.3 cm³/mol. The Balaban J connectivity index is 2.47. The minimum absolute atomic E-state index is 0.358. The summed E-state index contributed by atoms with van der Waals surface area (Å²) in [7, 11) is 0. The van der Waals surface area contributed by atoms with Crippen molar-refractivity contribution < 1.29 is 5.11 Å². The number of aromatic nitrogens is 4. The van der Waals surface area contributed by atoms with Crippen LogP contribution in [0.1, 0.15) is 18.7 Å². The fourth-order valence-corrected chi connectivity index (χ4v) is 1.52. The maximum absolute atomic E-state index is 9.37. The van der Waals surface area contributed by atoms with Gasteiger partial charge in [-0.1, -0.05) is 11.6 Å². The molecular formula is C9H9ClN4O. The van der Waals surface area contributed by atoms with Gasteiger partial charge in [0.2, 0.25) is 0 Å². The summed E-state index contributed by atoms with van der Waals surface area (Å²) < 4.78 is 0. The summed E-state index contributed by atoms with van der Waals surface area (Å²) in [6.07, 6.45) is 2.52. The molecule has 0 radical (unpaired) electrons. The van der Waals surface area contributed by atoms with Gasteiger partial charge in [-0.2, -0.15) is 5.10 Å². The Kier molecular flexibility index (Phi) is 2.66. The fourth-order valence-electron chi connectivity index (χ4n) is 1.19. The highest BCUT2D eigenvalue weighted by Crippen LogP contribution is 2.28. The van der Waals surface area contributed by atoms with Crippen LogP contribution < -0.4 is 0 Å². The van der Waals surface area contributed by atoms with Crippen molar-refractivity contribution in [1.29, 1.82) is 0 Å². The average molecular weight is 225 g/mol. The molecule has 0 saturated carbocycles. The molecule has 1 unspecified atom stereocenters. The molecule has 0 saturated heterocycles. The van der Waals surface area contributed by atoms with Crippen LogP contribution in [0.25, 0.3) is 11.5 Å². The van der Waals surface area contributed by atoms with Crippen molar-refractivity contribution in [3.63, 3.8) is 0 Å². The number of aromatic amines is 1. The Labute approximate surface area is 91.2 Å². The Bertz CT molecular complexity index is 454. The average Bonchev–Trinajstić information content (AvgIpc) is 2.61. The molecule has 2 heterocycles. The summed E-state index contributed by atoms with van der Waals surface area (Å²) in [5, 5.41) is 16.4. The van der Waals surface area contributed by atoms with Crippen molar-refractivity contribution in [1.82, 2.24) is 20.2 Å². The highest BCUT2D eigenvalue weighted by molar-refractivity contribution is 6.33. The molecular weight excluding hydrogens is 216 g/mol. The summed E-state index contributed by atoms with van der Waals surface area (Å²) in [6.45, 7) is 1.61. The van der Waals surface area contributed by atoms with Crippen LogP contribution in [0.4, 0.5) is 0 Å². The lowest BCUT2D eigenvalue weighted by Gasteiger charge is -1.99. The molecule has 78 valence electrons. The molecule has 15 heavy (non-hydrogen) atoms. The largest absolute Gasteiger partial charge is 0.387 e. The zero-order valence-corrected chi connectivity index (χ0v) is 8.73. The van der Waals surface area contributed by atoms with Gasteiger partial charge >= 0.3 is 0 Å².